The number of hydrogen-bond acceptors (Lipinski definition) is 4. The summed E-state index contributed by atoms with van der Waals surface area (Å²) >= 11 is 5.99. The first-order valence-electron chi connectivity index (χ1n) is 12.4. The molecular weight excluding hydrogens is 467 g/mol. The Kier molecular flexibility index (Phi) is 8.43. The molecule has 2 atom stereocenters. The van der Waals surface area contributed by atoms with Crippen LogP contribution in [0.5, 0.6) is 0 Å². The molecule has 0 fully saturated rings. The first-order valence-corrected chi connectivity index (χ1v) is 12.8. The number of carbonyl (C=O) groups excluding carboxylic acids is 2. The second kappa shape index (κ2) is 10.8. The molecule has 6 nitrogen and oxygen atoms in total. The molecule has 0 saturated carbocycles. The summed E-state index contributed by atoms with van der Waals surface area (Å²) in [5.74, 6) is 0.117. The molecule has 1 aliphatic rings. The number of aromatic nitrogens is 2. The zero-order chi connectivity index (χ0) is 26.0. The van der Waals surface area contributed by atoms with Crippen LogP contribution in [0, 0.1) is 11.2 Å². The van der Waals surface area contributed by atoms with Crippen molar-refractivity contribution in [1.29, 1.82) is 0 Å². The van der Waals surface area contributed by atoms with Crippen LogP contribution in [-0.2, 0) is 28.0 Å². The largest absolute Gasteiger partial charge is 0.329 e. The summed E-state index contributed by atoms with van der Waals surface area (Å²) in [7, 11) is 0. The highest BCUT2D eigenvalue weighted by atomic mass is 35.5. The maximum atomic E-state index is 13.8. The predicted molar refractivity (Wildman–Crippen MR) is 138 cm³/mol. The Morgan fingerprint density at radius 1 is 1.23 bits per heavy atom. The van der Waals surface area contributed by atoms with Crippen molar-refractivity contribution in [3.05, 3.63) is 46.6 Å². The molecule has 8 heteroatoms. The molecule has 192 valence electrons. The Morgan fingerprint density at radius 2 is 1.94 bits per heavy atom. The van der Waals surface area contributed by atoms with Gasteiger partial charge in [0.15, 0.2) is 5.82 Å². The molecule has 1 amide bonds. The number of aryl methyl sites for hydroxylation is 1. The van der Waals surface area contributed by atoms with Crippen LogP contribution in [0.1, 0.15) is 78.4 Å². The molecule has 0 bridgehead atoms. The minimum Gasteiger partial charge on any atom is -0.329 e. The van der Waals surface area contributed by atoms with Gasteiger partial charge >= 0.3 is 0 Å². The number of amides is 1. The van der Waals surface area contributed by atoms with Crippen molar-refractivity contribution >= 4 is 29.1 Å². The van der Waals surface area contributed by atoms with Gasteiger partial charge in [-0.25, -0.2) is 9.37 Å². The number of nitrogens with one attached hydrogen (secondary N) is 2. The molecular formula is C27H38ClFN4O2. The third-order valence-electron chi connectivity index (χ3n) is 6.76. The fourth-order valence-corrected chi connectivity index (χ4v) is 4.62. The number of Topliss-reactive ketones (excluding diaryl/α,β-unsaturated/α-hetero) is 1. The minimum absolute atomic E-state index is 0.103. The Morgan fingerprint density at radius 3 is 2.60 bits per heavy atom. The van der Waals surface area contributed by atoms with Crippen molar-refractivity contribution < 1.29 is 14.0 Å². The van der Waals surface area contributed by atoms with Crippen molar-refractivity contribution in [3.8, 4) is 0 Å². The predicted octanol–water partition coefficient (Wildman–Crippen LogP) is 5.67. The Bertz CT molecular complexity index is 1070. The molecule has 3 rings (SSSR count). The van der Waals surface area contributed by atoms with E-state index in [-0.39, 0.29) is 34.6 Å². The number of imidazole rings is 1. The van der Waals surface area contributed by atoms with Gasteiger partial charge in [-0.3, -0.25) is 9.59 Å². The van der Waals surface area contributed by atoms with Gasteiger partial charge in [-0.15, -0.1) is 0 Å². The van der Waals surface area contributed by atoms with E-state index >= 15 is 0 Å². The number of rotatable bonds is 9. The maximum Gasteiger partial charge on any atom is 0.242 e. The summed E-state index contributed by atoms with van der Waals surface area (Å²) in [5.41, 5.74) is 1.14. The summed E-state index contributed by atoms with van der Waals surface area (Å²) in [4.78, 5) is 30.1. The molecule has 1 heterocycles. The van der Waals surface area contributed by atoms with Gasteiger partial charge < -0.3 is 15.2 Å². The van der Waals surface area contributed by atoms with Gasteiger partial charge in [0.2, 0.25) is 5.91 Å². The van der Waals surface area contributed by atoms with E-state index in [0.29, 0.717) is 25.1 Å². The number of nitrogens with zero attached hydrogens (tertiary/aromatic N) is 2. The van der Waals surface area contributed by atoms with Gasteiger partial charge in [-0.05, 0) is 62.8 Å². The van der Waals surface area contributed by atoms with E-state index in [4.69, 9.17) is 11.6 Å². The lowest BCUT2D eigenvalue weighted by Gasteiger charge is -2.29. The third-order valence-corrected chi connectivity index (χ3v) is 7.05. The molecule has 0 saturated heterocycles. The lowest BCUT2D eigenvalue weighted by molar-refractivity contribution is -0.128. The van der Waals surface area contributed by atoms with Gasteiger partial charge in [-0.2, -0.15) is 0 Å². The van der Waals surface area contributed by atoms with Crippen LogP contribution in [0.25, 0.3) is 0 Å². The van der Waals surface area contributed by atoms with Crippen molar-refractivity contribution in [1.82, 2.24) is 14.9 Å². The smallest absolute Gasteiger partial charge is 0.242 e. The summed E-state index contributed by atoms with van der Waals surface area (Å²) in [6.07, 6.45) is 7.62. The fraction of sp³-hybridized carbons (Fsp3) is 0.593. The second-order valence-corrected chi connectivity index (χ2v) is 11.7. The van der Waals surface area contributed by atoms with Crippen LogP contribution >= 0.6 is 11.6 Å². The lowest BCUT2D eigenvalue weighted by Crippen LogP contribution is -2.47. The Hall–Kier alpha value is -2.25. The Balaban J connectivity index is 1.65. The highest BCUT2D eigenvalue weighted by Gasteiger charge is 2.31. The molecule has 2 aromatic rings. The molecule has 2 N–H and O–H groups in total. The van der Waals surface area contributed by atoms with Crippen LogP contribution in [-0.4, -0.2) is 33.3 Å². The van der Waals surface area contributed by atoms with Gasteiger partial charge in [0, 0.05) is 29.6 Å². The number of fused-ring (bicyclic) bond motifs is 1. The SMILES string of the molecule is CCCC(NC1CCc2cc(F)c(Cl)cc2C1)C(=O)Nc1cn(C(C)(C)CC(=O)C(C)(C)C)cn1. The first kappa shape index (κ1) is 27.3. The molecule has 35 heavy (non-hydrogen) atoms. The molecule has 0 radical (unpaired) electrons. The summed E-state index contributed by atoms with van der Waals surface area (Å²) in [6, 6.07) is 2.96. The molecule has 1 aromatic carbocycles. The normalized spacial score (nSPS) is 17.1. The number of halogens is 2. The first-order chi connectivity index (χ1) is 16.3. The van der Waals surface area contributed by atoms with Crippen molar-refractivity contribution in [2.24, 2.45) is 5.41 Å². The zero-order valence-electron chi connectivity index (χ0n) is 21.7. The third kappa shape index (κ3) is 6.91. The number of benzene rings is 1. The molecule has 2 unspecified atom stereocenters. The molecule has 0 aliphatic heterocycles. The highest BCUT2D eigenvalue weighted by Crippen LogP contribution is 2.29. The average Bonchev–Trinajstić information content (AvgIpc) is 3.23. The van der Waals surface area contributed by atoms with Crippen LogP contribution in [0.3, 0.4) is 0 Å². The van der Waals surface area contributed by atoms with E-state index in [1.807, 2.05) is 46.1 Å². The van der Waals surface area contributed by atoms with Crippen LogP contribution in [0.15, 0.2) is 24.7 Å². The van der Waals surface area contributed by atoms with Gasteiger partial charge in [0.25, 0.3) is 0 Å². The number of ketones is 1. The van der Waals surface area contributed by atoms with Gasteiger partial charge in [0.1, 0.15) is 11.6 Å². The second-order valence-electron chi connectivity index (χ2n) is 11.3. The van der Waals surface area contributed by atoms with E-state index in [0.717, 1.165) is 30.4 Å². The highest BCUT2D eigenvalue weighted by molar-refractivity contribution is 6.30. The quantitative estimate of drug-likeness (QED) is 0.461. The van der Waals surface area contributed by atoms with E-state index in [1.165, 1.54) is 6.07 Å². The van der Waals surface area contributed by atoms with Crippen LogP contribution < -0.4 is 10.6 Å². The molecule has 1 aliphatic carbocycles. The van der Waals surface area contributed by atoms with Crippen LogP contribution in [0.4, 0.5) is 10.2 Å². The number of anilines is 1. The maximum absolute atomic E-state index is 13.8. The minimum atomic E-state index is -0.461. The summed E-state index contributed by atoms with van der Waals surface area (Å²) in [6.45, 7) is 11.8. The molecule has 0 spiro atoms. The standard InChI is InChI=1S/C27H38ClFN4O2/c1-7-8-22(31-19-10-9-17-13-21(29)20(28)12-18(17)11-19)25(35)32-24-15-33(16-30-24)27(5,6)14-23(34)26(2,3)4/h12-13,15-16,19,22,31H,7-11,14H2,1-6H3,(H,32,35). The molecule has 1 aromatic heterocycles. The van der Waals surface area contributed by atoms with E-state index in [9.17, 15) is 14.0 Å². The monoisotopic (exact) mass is 504 g/mol. The van der Waals surface area contributed by atoms with E-state index < -0.39 is 11.0 Å². The average molecular weight is 505 g/mol. The topological polar surface area (TPSA) is 76.0 Å². The van der Waals surface area contributed by atoms with Crippen molar-refractivity contribution in [3.63, 3.8) is 0 Å². The lowest BCUT2D eigenvalue weighted by atomic mass is 9.83. The van der Waals surface area contributed by atoms with Gasteiger partial charge in [-0.1, -0.05) is 45.7 Å². The zero-order valence-corrected chi connectivity index (χ0v) is 22.4. The summed E-state index contributed by atoms with van der Waals surface area (Å²) in [5, 5.41) is 6.58. The van der Waals surface area contributed by atoms with Gasteiger partial charge in [0.05, 0.1) is 17.4 Å². The number of carbonyl (C=O) groups is 2. The van der Waals surface area contributed by atoms with Crippen LogP contribution in [0.2, 0.25) is 5.02 Å². The van der Waals surface area contributed by atoms with E-state index in [2.05, 4.69) is 15.6 Å². The van der Waals surface area contributed by atoms with Crippen molar-refractivity contribution in [2.75, 3.05) is 5.32 Å². The van der Waals surface area contributed by atoms with E-state index in [1.54, 1.807) is 18.6 Å². The fourth-order valence-electron chi connectivity index (χ4n) is 4.44. The summed E-state index contributed by atoms with van der Waals surface area (Å²) < 4.78 is 15.7. The number of hydrogen-bond donors (Lipinski definition) is 2. The van der Waals surface area contributed by atoms with Crippen molar-refractivity contribution in [2.45, 2.75) is 97.7 Å². The Labute approximate surface area is 213 Å².